The lowest BCUT2D eigenvalue weighted by Crippen LogP contribution is -2.31. The molecular formula is C16H26ClN. The highest BCUT2D eigenvalue weighted by Crippen LogP contribution is 2.14. The van der Waals surface area contributed by atoms with E-state index < -0.39 is 0 Å². The minimum Gasteiger partial charge on any atom is -0.314 e. The molecule has 1 aromatic carbocycles. The van der Waals surface area contributed by atoms with E-state index in [1.54, 1.807) is 0 Å². The topological polar surface area (TPSA) is 12.0 Å². The van der Waals surface area contributed by atoms with Crippen molar-refractivity contribution in [1.82, 2.24) is 5.32 Å². The van der Waals surface area contributed by atoms with Gasteiger partial charge in [-0.25, -0.2) is 0 Å². The van der Waals surface area contributed by atoms with Gasteiger partial charge in [-0.3, -0.25) is 0 Å². The summed E-state index contributed by atoms with van der Waals surface area (Å²) in [5, 5.41) is 4.40. The molecule has 0 aliphatic heterocycles. The van der Waals surface area contributed by atoms with Crippen LogP contribution in [0.2, 0.25) is 5.02 Å². The molecular weight excluding hydrogens is 242 g/mol. The molecule has 1 aromatic rings. The second kappa shape index (κ2) is 8.55. The van der Waals surface area contributed by atoms with E-state index in [0.717, 1.165) is 23.9 Å². The molecule has 1 atom stereocenters. The highest BCUT2D eigenvalue weighted by Gasteiger charge is 2.08. The second-order valence-electron chi connectivity index (χ2n) is 5.41. The molecule has 0 saturated heterocycles. The minimum atomic E-state index is 0.593. The van der Waals surface area contributed by atoms with Gasteiger partial charge in [-0.1, -0.05) is 57.3 Å². The van der Waals surface area contributed by atoms with Crippen LogP contribution >= 0.6 is 11.6 Å². The SMILES string of the molecule is CCNC(CCCC(C)C)Cc1ccc(Cl)cc1. The van der Waals surface area contributed by atoms with Crippen molar-refractivity contribution in [1.29, 1.82) is 0 Å². The zero-order valence-electron chi connectivity index (χ0n) is 11.9. The highest BCUT2D eigenvalue weighted by molar-refractivity contribution is 6.30. The van der Waals surface area contributed by atoms with Gasteiger partial charge in [0.25, 0.3) is 0 Å². The lowest BCUT2D eigenvalue weighted by Gasteiger charge is -2.18. The summed E-state index contributed by atoms with van der Waals surface area (Å²) in [5.41, 5.74) is 1.37. The quantitative estimate of drug-likeness (QED) is 0.721. The average Bonchev–Trinajstić information content (AvgIpc) is 2.32. The molecule has 0 amide bonds. The fourth-order valence-corrected chi connectivity index (χ4v) is 2.37. The van der Waals surface area contributed by atoms with E-state index in [2.05, 4.69) is 38.2 Å². The Bertz CT molecular complexity index is 318. The van der Waals surface area contributed by atoms with E-state index in [0.29, 0.717) is 6.04 Å². The summed E-state index contributed by atoms with van der Waals surface area (Å²) in [7, 11) is 0. The summed E-state index contributed by atoms with van der Waals surface area (Å²) in [5.74, 6) is 0.808. The van der Waals surface area contributed by atoms with Crippen LogP contribution in [0.4, 0.5) is 0 Å². The largest absolute Gasteiger partial charge is 0.314 e. The van der Waals surface area contributed by atoms with Crippen molar-refractivity contribution in [2.45, 2.75) is 52.5 Å². The molecule has 0 saturated carbocycles. The fraction of sp³-hybridized carbons (Fsp3) is 0.625. The molecule has 0 fully saturated rings. The van der Waals surface area contributed by atoms with E-state index in [1.165, 1.54) is 24.8 Å². The number of benzene rings is 1. The van der Waals surface area contributed by atoms with Crippen LogP contribution in [0, 0.1) is 5.92 Å². The molecule has 0 aliphatic carbocycles. The molecule has 0 spiro atoms. The summed E-state index contributed by atoms with van der Waals surface area (Å²) in [4.78, 5) is 0. The molecule has 0 bridgehead atoms. The van der Waals surface area contributed by atoms with Gasteiger partial charge in [-0.05, 0) is 43.0 Å². The maximum atomic E-state index is 5.91. The number of likely N-dealkylation sites (N-methyl/N-ethyl adjacent to an activating group) is 1. The Morgan fingerprint density at radius 1 is 1.11 bits per heavy atom. The summed E-state index contributed by atoms with van der Waals surface area (Å²) >= 11 is 5.91. The molecule has 1 unspecified atom stereocenters. The van der Waals surface area contributed by atoms with Gasteiger partial charge in [0.15, 0.2) is 0 Å². The normalized spacial score (nSPS) is 12.9. The third kappa shape index (κ3) is 6.42. The molecule has 18 heavy (non-hydrogen) atoms. The number of rotatable bonds is 8. The van der Waals surface area contributed by atoms with E-state index >= 15 is 0 Å². The molecule has 102 valence electrons. The predicted molar refractivity (Wildman–Crippen MR) is 81.3 cm³/mol. The lowest BCUT2D eigenvalue weighted by atomic mass is 9.98. The Morgan fingerprint density at radius 2 is 1.78 bits per heavy atom. The van der Waals surface area contributed by atoms with Crippen LogP contribution in [0.1, 0.15) is 45.6 Å². The van der Waals surface area contributed by atoms with Crippen molar-refractivity contribution in [2.75, 3.05) is 6.54 Å². The first-order valence-corrected chi connectivity index (χ1v) is 7.47. The van der Waals surface area contributed by atoms with E-state index in [-0.39, 0.29) is 0 Å². The Morgan fingerprint density at radius 3 is 2.33 bits per heavy atom. The lowest BCUT2D eigenvalue weighted by molar-refractivity contribution is 0.442. The van der Waals surface area contributed by atoms with Gasteiger partial charge >= 0.3 is 0 Å². The molecule has 1 N–H and O–H groups in total. The summed E-state index contributed by atoms with van der Waals surface area (Å²) in [6.07, 6.45) is 4.99. The van der Waals surface area contributed by atoms with Crippen molar-refractivity contribution in [2.24, 2.45) is 5.92 Å². The Balaban J connectivity index is 2.43. The first kappa shape index (κ1) is 15.5. The van der Waals surface area contributed by atoms with Gasteiger partial charge in [0.2, 0.25) is 0 Å². The van der Waals surface area contributed by atoms with E-state index in [4.69, 9.17) is 11.6 Å². The Hall–Kier alpha value is -0.530. The maximum absolute atomic E-state index is 5.91. The summed E-state index contributed by atoms with van der Waals surface area (Å²) in [6.45, 7) is 7.81. The standard InChI is InChI=1S/C16H26ClN/c1-4-18-16(7-5-6-13(2)3)12-14-8-10-15(17)11-9-14/h8-11,13,16,18H,4-7,12H2,1-3H3. The van der Waals surface area contributed by atoms with Crippen LogP contribution in [-0.4, -0.2) is 12.6 Å². The van der Waals surface area contributed by atoms with Crippen molar-refractivity contribution in [3.63, 3.8) is 0 Å². The first-order valence-electron chi connectivity index (χ1n) is 7.09. The molecule has 1 rings (SSSR count). The predicted octanol–water partition coefficient (Wildman–Crippen LogP) is 4.69. The van der Waals surface area contributed by atoms with Crippen LogP contribution in [0.15, 0.2) is 24.3 Å². The number of halogens is 1. The van der Waals surface area contributed by atoms with Crippen molar-refractivity contribution >= 4 is 11.6 Å². The maximum Gasteiger partial charge on any atom is 0.0406 e. The van der Waals surface area contributed by atoms with Crippen molar-refractivity contribution in [3.8, 4) is 0 Å². The molecule has 0 aliphatic rings. The van der Waals surface area contributed by atoms with Crippen LogP contribution in [-0.2, 0) is 6.42 Å². The van der Waals surface area contributed by atoms with E-state index in [1.807, 2.05) is 12.1 Å². The number of hydrogen-bond acceptors (Lipinski definition) is 1. The molecule has 0 radical (unpaired) electrons. The van der Waals surface area contributed by atoms with Gasteiger partial charge in [0.1, 0.15) is 0 Å². The van der Waals surface area contributed by atoms with Gasteiger partial charge in [0.05, 0.1) is 0 Å². The monoisotopic (exact) mass is 267 g/mol. The fourth-order valence-electron chi connectivity index (χ4n) is 2.24. The second-order valence-corrected chi connectivity index (χ2v) is 5.85. The molecule has 0 aromatic heterocycles. The first-order chi connectivity index (χ1) is 8.61. The minimum absolute atomic E-state index is 0.593. The number of hydrogen-bond donors (Lipinski definition) is 1. The average molecular weight is 268 g/mol. The smallest absolute Gasteiger partial charge is 0.0406 e. The third-order valence-corrected chi connectivity index (χ3v) is 3.47. The third-order valence-electron chi connectivity index (χ3n) is 3.22. The van der Waals surface area contributed by atoms with Crippen molar-refractivity contribution < 1.29 is 0 Å². The van der Waals surface area contributed by atoms with Crippen LogP contribution in [0.25, 0.3) is 0 Å². The Kier molecular flexibility index (Phi) is 7.38. The summed E-state index contributed by atoms with van der Waals surface area (Å²) in [6, 6.07) is 8.82. The van der Waals surface area contributed by atoms with Gasteiger partial charge in [-0.2, -0.15) is 0 Å². The van der Waals surface area contributed by atoms with Crippen molar-refractivity contribution in [3.05, 3.63) is 34.9 Å². The van der Waals surface area contributed by atoms with Crippen LogP contribution < -0.4 is 5.32 Å². The summed E-state index contributed by atoms with van der Waals surface area (Å²) < 4.78 is 0. The zero-order valence-corrected chi connectivity index (χ0v) is 12.6. The zero-order chi connectivity index (χ0) is 13.4. The van der Waals surface area contributed by atoms with E-state index in [9.17, 15) is 0 Å². The molecule has 2 heteroatoms. The number of nitrogens with one attached hydrogen (secondary N) is 1. The van der Waals surface area contributed by atoms with Gasteiger partial charge < -0.3 is 5.32 Å². The molecule has 0 heterocycles. The van der Waals surface area contributed by atoms with Crippen LogP contribution in [0.3, 0.4) is 0 Å². The van der Waals surface area contributed by atoms with Gasteiger partial charge in [-0.15, -0.1) is 0 Å². The highest BCUT2D eigenvalue weighted by atomic mass is 35.5. The Labute approximate surface area is 117 Å². The van der Waals surface area contributed by atoms with Crippen LogP contribution in [0.5, 0.6) is 0 Å². The molecule has 1 nitrogen and oxygen atoms in total. The van der Waals surface area contributed by atoms with Gasteiger partial charge in [0, 0.05) is 11.1 Å².